The van der Waals surface area contributed by atoms with Crippen LogP contribution in [0.25, 0.3) is 11.3 Å². The van der Waals surface area contributed by atoms with Crippen molar-refractivity contribution < 1.29 is 9.21 Å². The molecule has 1 aromatic carbocycles. The predicted molar refractivity (Wildman–Crippen MR) is 104 cm³/mol. The Kier molecular flexibility index (Phi) is 8.42. The van der Waals surface area contributed by atoms with Crippen LogP contribution in [-0.2, 0) is 11.2 Å². The Bertz CT molecular complexity index is 673. The van der Waals surface area contributed by atoms with Crippen LogP contribution in [0.1, 0.15) is 24.8 Å². The van der Waals surface area contributed by atoms with E-state index < -0.39 is 0 Å². The van der Waals surface area contributed by atoms with Gasteiger partial charge in [0.05, 0.1) is 6.20 Å². The number of hydrogen-bond donors (Lipinski definition) is 1. The average Bonchev–Trinajstić information content (AvgIpc) is 3.02. The minimum atomic E-state index is 0. The molecule has 3 rings (SSSR count). The standard InChI is InChI=1S/C18H23N3O2.2ClH/c1-13-3-5-15(6-4-13)16-11-20-17(23-16)7-8-18(22)21-10-9-19-14(2)12-21;;/h3-6,11,14,19H,7-10,12H2,1-2H3;2*1H. The molecule has 0 saturated carbocycles. The molecule has 1 N–H and O–H groups in total. The molecular weight excluding hydrogens is 361 g/mol. The van der Waals surface area contributed by atoms with E-state index in [1.807, 2.05) is 29.2 Å². The van der Waals surface area contributed by atoms with Crippen LogP contribution in [0.2, 0.25) is 0 Å². The highest BCUT2D eigenvalue weighted by Gasteiger charge is 2.20. The highest BCUT2D eigenvalue weighted by atomic mass is 35.5. The number of amides is 1. The van der Waals surface area contributed by atoms with E-state index in [2.05, 4.69) is 24.1 Å². The number of carbonyl (C=O) groups excluding carboxylic acids is 1. The Morgan fingerprint density at radius 1 is 1.32 bits per heavy atom. The summed E-state index contributed by atoms with van der Waals surface area (Å²) in [5.41, 5.74) is 2.22. The summed E-state index contributed by atoms with van der Waals surface area (Å²) in [7, 11) is 0. The lowest BCUT2D eigenvalue weighted by Crippen LogP contribution is -2.51. The Hall–Kier alpha value is -1.56. The van der Waals surface area contributed by atoms with Crippen LogP contribution in [-0.4, -0.2) is 41.5 Å². The predicted octanol–water partition coefficient (Wildman–Crippen LogP) is 3.25. The first-order valence-corrected chi connectivity index (χ1v) is 8.15. The van der Waals surface area contributed by atoms with Crippen molar-refractivity contribution in [2.45, 2.75) is 32.7 Å². The van der Waals surface area contributed by atoms with Crippen molar-refractivity contribution in [2.75, 3.05) is 19.6 Å². The van der Waals surface area contributed by atoms with E-state index in [0.29, 0.717) is 24.8 Å². The normalized spacial score (nSPS) is 16.7. The van der Waals surface area contributed by atoms with Crippen molar-refractivity contribution in [3.05, 3.63) is 41.9 Å². The second kappa shape index (κ2) is 9.80. The number of hydrogen-bond acceptors (Lipinski definition) is 4. The van der Waals surface area contributed by atoms with Gasteiger partial charge >= 0.3 is 0 Å². The molecule has 7 heteroatoms. The van der Waals surface area contributed by atoms with Crippen LogP contribution < -0.4 is 5.32 Å². The van der Waals surface area contributed by atoms with Gasteiger partial charge in [0, 0.05) is 44.1 Å². The summed E-state index contributed by atoms with van der Waals surface area (Å²) in [6.07, 6.45) is 2.72. The van der Waals surface area contributed by atoms with Gasteiger partial charge in [-0.05, 0) is 13.8 Å². The molecule has 1 atom stereocenters. The third-order valence-corrected chi connectivity index (χ3v) is 4.16. The SMILES string of the molecule is Cc1ccc(-c2cnc(CCC(=O)N3CCNC(C)C3)o2)cc1.Cl.Cl. The van der Waals surface area contributed by atoms with Gasteiger partial charge in [-0.1, -0.05) is 29.8 Å². The molecule has 5 nitrogen and oxygen atoms in total. The second-order valence-corrected chi connectivity index (χ2v) is 6.18. The van der Waals surface area contributed by atoms with Crippen LogP contribution >= 0.6 is 24.8 Å². The van der Waals surface area contributed by atoms with Gasteiger partial charge < -0.3 is 14.6 Å². The number of piperazine rings is 1. The zero-order chi connectivity index (χ0) is 16.2. The largest absolute Gasteiger partial charge is 0.441 e. The first kappa shape index (κ1) is 21.5. The number of nitrogens with one attached hydrogen (secondary N) is 1. The van der Waals surface area contributed by atoms with Gasteiger partial charge in [0.1, 0.15) is 0 Å². The molecule has 1 saturated heterocycles. The highest BCUT2D eigenvalue weighted by Crippen LogP contribution is 2.21. The monoisotopic (exact) mass is 385 g/mol. The van der Waals surface area contributed by atoms with E-state index in [0.717, 1.165) is 31.0 Å². The van der Waals surface area contributed by atoms with Gasteiger partial charge in [-0.3, -0.25) is 4.79 Å². The van der Waals surface area contributed by atoms with E-state index in [-0.39, 0.29) is 30.7 Å². The first-order chi connectivity index (χ1) is 11.1. The smallest absolute Gasteiger partial charge is 0.223 e. The number of rotatable bonds is 4. The third kappa shape index (κ3) is 5.73. The minimum Gasteiger partial charge on any atom is -0.441 e. The number of oxazole rings is 1. The van der Waals surface area contributed by atoms with Crippen molar-refractivity contribution in [1.29, 1.82) is 0 Å². The van der Waals surface area contributed by atoms with Crippen molar-refractivity contribution in [3.8, 4) is 11.3 Å². The van der Waals surface area contributed by atoms with Crippen molar-refractivity contribution in [3.63, 3.8) is 0 Å². The Morgan fingerprint density at radius 3 is 2.72 bits per heavy atom. The Labute approximate surface area is 161 Å². The zero-order valence-electron chi connectivity index (χ0n) is 14.5. The molecule has 2 aromatic rings. The van der Waals surface area contributed by atoms with Gasteiger partial charge in [-0.2, -0.15) is 0 Å². The summed E-state index contributed by atoms with van der Waals surface area (Å²) in [6, 6.07) is 8.50. The summed E-state index contributed by atoms with van der Waals surface area (Å²) in [5.74, 6) is 1.55. The molecule has 1 aromatic heterocycles. The van der Waals surface area contributed by atoms with Crippen molar-refractivity contribution in [2.24, 2.45) is 0 Å². The lowest BCUT2D eigenvalue weighted by molar-refractivity contribution is -0.132. The van der Waals surface area contributed by atoms with Gasteiger partial charge in [-0.15, -0.1) is 24.8 Å². The zero-order valence-corrected chi connectivity index (χ0v) is 16.2. The summed E-state index contributed by atoms with van der Waals surface area (Å²) >= 11 is 0. The summed E-state index contributed by atoms with van der Waals surface area (Å²) in [6.45, 7) is 6.57. The highest BCUT2D eigenvalue weighted by molar-refractivity contribution is 5.85. The van der Waals surface area contributed by atoms with Crippen molar-refractivity contribution >= 4 is 30.7 Å². The molecule has 1 aliphatic rings. The van der Waals surface area contributed by atoms with Crippen LogP contribution in [0.15, 0.2) is 34.9 Å². The number of benzene rings is 1. The Balaban J connectivity index is 0.00000156. The molecule has 0 radical (unpaired) electrons. The first-order valence-electron chi connectivity index (χ1n) is 8.15. The van der Waals surface area contributed by atoms with E-state index in [9.17, 15) is 4.79 Å². The fraction of sp³-hybridized carbons (Fsp3) is 0.444. The van der Waals surface area contributed by atoms with E-state index in [4.69, 9.17) is 4.42 Å². The number of nitrogens with zero attached hydrogens (tertiary/aromatic N) is 2. The summed E-state index contributed by atoms with van der Waals surface area (Å²) in [4.78, 5) is 18.5. The van der Waals surface area contributed by atoms with Crippen LogP contribution in [0.5, 0.6) is 0 Å². The average molecular weight is 386 g/mol. The number of carbonyl (C=O) groups is 1. The van der Waals surface area contributed by atoms with E-state index in [1.54, 1.807) is 6.20 Å². The van der Waals surface area contributed by atoms with Crippen LogP contribution in [0.4, 0.5) is 0 Å². The maximum atomic E-state index is 12.3. The van der Waals surface area contributed by atoms with Crippen LogP contribution in [0, 0.1) is 6.92 Å². The molecule has 138 valence electrons. The molecule has 1 amide bonds. The Morgan fingerprint density at radius 2 is 2.04 bits per heavy atom. The lowest BCUT2D eigenvalue weighted by Gasteiger charge is -2.31. The number of aryl methyl sites for hydroxylation is 2. The maximum Gasteiger partial charge on any atom is 0.223 e. The van der Waals surface area contributed by atoms with Gasteiger partial charge in [0.25, 0.3) is 0 Å². The van der Waals surface area contributed by atoms with E-state index >= 15 is 0 Å². The topological polar surface area (TPSA) is 58.4 Å². The third-order valence-electron chi connectivity index (χ3n) is 4.16. The van der Waals surface area contributed by atoms with Gasteiger partial charge in [0.2, 0.25) is 5.91 Å². The molecule has 2 heterocycles. The molecule has 1 unspecified atom stereocenters. The molecule has 0 spiro atoms. The maximum absolute atomic E-state index is 12.3. The van der Waals surface area contributed by atoms with Gasteiger partial charge in [-0.25, -0.2) is 4.98 Å². The van der Waals surface area contributed by atoms with E-state index in [1.165, 1.54) is 5.56 Å². The number of halogens is 2. The summed E-state index contributed by atoms with van der Waals surface area (Å²) < 4.78 is 5.77. The minimum absolute atomic E-state index is 0. The second-order valence-electron chi connectivity index (χ2n) is 6.18. The summed E-state index contributed by atoms with van der Waals surface area (Å²) in [5, 5.41) is 3.34. The molecule has 1 aliphatic heterocycles. The van der Waals surface area contributed by atoms with Crippen molar-refractivity contribution in [1.82, 2.24) is 15.2 Å². The molecule has 25 heavy (non-hydrogen) atoms. The fourth-order valence-corrected chi connectivity index (χ4v) is 2.81. The molecule has 0 aliphatic carbocycles. The molecule has 1 fully saturated rings. The quantitative estimate of drug-likeness (QED) is 0.877. The van der Waals surface area contributed by atoms with Gasteiger partial charge in [0.15, 0.2) is 11.7 Å². The molecule has 0 bridgehead atoms. The van der Waals surface area contributed by atoms with Crippen LogP contribution in [0.3, 0.4) is 0 Å². The molecular formula is C18H25Cl2N3O2. The lowest BCUT2D eigenvalue weighted by atomic mass is 10.1. The number of aromatic nitrogens is 1. The fourth-order valence-electron chi connectivity index (χ4n) is 2.81.